The molecule has 11 rings (SSSR count). The molecule has 4 saturated heterocycles. The molecule has 2 aromatic heterocycles. The van der Waals surface area contributed by atoms with E-state index >= 15 is 4.79 Å². The Hall–Kier alpha value is -6.69. The molecule has 5 amide bonds. The Balaban J connectivity index is 0.723. The van der Waals surface area contributed by atoms with Crippen molar-refractivity contribution in [1.29, 1.82) is 0 Å². The molecule has 1 spiro atoms. The first-order valence-electron chi connectivity index (χ1n) is 29.0. The van der Waals surface area contributed by atoms with Crippen LogP contribution in [0.2, 0.25) is 0 Å². The van der Waals surface area contributed by atoms with Gasteiger partial charge in [-0.05, 0) is 146 Å². The summed E-state index contributed by atoms with van der Waals surface area (Å²) in [5.74, 6) is 0.193. The van der Waals surface area contributed by atoms with E-state index in [0.29, 0.717) is 102 Å². The van der Waals surface area contributed by atoms with Crippen molar-refractivity contribution in [3.05, 3.63) is 65.5 Å². The minimum atomic E-state index is -0.837. The number of hydrogen-bond acceptors (Lipinski definition) is 12. The van der Waals surface area contributed by atoms with Gasteiger partial charge in [0.05, 0.1) is 34.6 Å². The van der Waals surface area contributed by atoms with Crippen molar-refractivity contribution in [2.75, 3.05) is 81.6 Å². The Morgan fingerprint density at radius 2 is 1.49 bits per heavy atom. The van der Waals surface area contributed by atoms with E-state index in [-0.39, 0.29) is 71.5 Å². The van der Waals surface area contributed by atoms with Gasteiger partial charge in [-0.15, -0.1) is 0 Å². The van der Waals surface area contributed by atoms with Crippen LogP contribution in [0.25, 0.3) is 22.3 Å². The molecule has 2 aromatic carbocycles. The molecule has 18 heteroatoms. The van der Waals surface area contributed by atoms with Gasteiger partial charge in [0.15, 0.2) is 12.1 Å². The molecule has 7 aliphatic rings. The number of likely N-dealkylation sites (tertiary alicyclic amines) is 3. The minimum Gasteiger partial charge on any atom is -0.371 e. The van der Waals surface area contributed by atoms with E-state index in [0.717, 1.165) is 83.8 Å². The number of rotatable bonds is 16. The zero-order valence-electron chi connectivity index (χ0n) is 46.0. The highest BCUT2D eigenvalue weighted by atomic mass is 16.2. The van der Waals surface area contributed by atoms with Crippen LogP contribution in [-0.4, -0.2) is 167 Å². The van der Waals surface area contributed by atoms with E-state index in [1.807, 2.05) is 16.1 Å². The normalized spacial score (nSPS) is 22.3. The Labute approximate surface area is 457 Å². The summed E-state index contributed by atoms with van der Waals surface area (Å²) < 4.78 is 2.19. The zero-order chi connectivity index (χ0) is 54.4. The summed E-state index contributed by atoms with van der Waals surface area (Å²) in [6.45, 7) is 9.82. The fraction of sp³-hybridized carbons (Fsp3) is 0.583. The highest BCUT2D eigenvalue weighted by Crippen LogP contribution is 2.52. The lowest BCUT2D eigenvalue weighted by Gasteiger charge is -2.48. The topological polar surface area (TPSA) is 194 Å². The van der Waals surface area contributed by atoms with Crippen LogP contribution >= 0.6 is 0 Å². The molecule has 0 radical (unpaired) electrons. The number of pyridine rings is 1. The number of aldehydes is 2. The fourth-order valence-corrected chi connectivity index (χ4v) is 13.6. The summed E-state index contributed by atoms with van der Waals surface area (Å²) in [6, 6.07) is 14.1. The van der Waals surface area contributed by atoms with Crippen LogP contribution < -0.4 is 20.4 Å². The van der Waals surface area contributed by atoms with Gasteiger partial charge < -0.3 is 49.4 Å². The quantitative estimate of drug-likeness (QED) is 0.114. The number of fused-ring (bicyclic) bond motifs is 3. The molecule has 2 saturated carbocycles. The number of carbonyl (C=O) groups excluding carboxylic acids is 7. The van der Waals surface area contributed by atoms with Crippen molar-refractivity contribution < 1.29 is 33.6 Å². The van der Waals surface area contributed by atoms with Crippen LogP contribution in [-0.2, 0) is 29.4 Å². The number of aromatic nitrogens is 3. The second-order valence-corrected chi connectivity index (χ2v) is 23.7. The van der Waals surface area contributed by atoms with Crippen LogP contribution in [0.5, 0.6) is 0 Å². The maximum atomic E-state index is 15.3. The van der Waals surface area contributed by atoms with Crippen LogP contribution in [0.3, 0.4) is 0 Å². The molecule has 7 heterocycles. The van der Waals surface area contributed by atoms with E-state index < -0.39 is 17.4 Å². The van der Waals surface area contributed by atoms with Crippen molar-refractivity contribution >= 4 is 70.3 Å². The second kappa shape index (κ2) is 22.2. The SMILES string of the molecule is CNC(=O)CCC(C=O)N(C)C(=O)c1cc(N2CCC(C(=O)N3CCC(C(=O)N4CCC5(CC4)C(=O)N(C4CC(N6CCCCC6)C4)c4cc(-c6cc7ncn(C(C)C)c7c(NC7CC7)n6)ccc45)CC3)CC2)ccc1C=O. The lowest BCUT2D eigenvalue weighted by atomic mass is 9.73. The molecular formula is C60H77N11O7. The lowest BCUT2D eigenvalue weighted by Crippen LogP contribution is -2.58. The number of piperidine rings is 4. The van der Waals surface area contributed by atoms with Crippen LogP contribution in [0.15, 0.2) is 48.8 Å². The third-order valence-corrected chi connectivity index (χ3v) is 18.7. The van der Waals surface area contributed by atoms with Gasteiger partial charge in [0.2, 0.25) is 23.6 Å². The van der Waals surface area contributed by atoms with Crippen LogP contribution in [0.4, 0.5) is 17.2 Å². The van der Waals surface area contributed by atoms with Crippen molar-refractivity contribution in [2.45, 2.75) is 146 Å². The Kier molecular flexibility index (Phi) is 15.2. The van der Waals surface area contributed by atoms with Crippen molar-refractivity contribution in [3.63, 3.8) is 0 Å². The van der Waals surface area contributed by atoms with E-state index in [2.05, 4.69) is 68.0 Å². The number of anilines is 3. The summed E-state index contributed by atoms with van der Waals surface area (Å²) in [5.41, 5.74) is 6.23. The summed E-state index contributed by atoms with van der Waals surface area (Å²) in [7, 11) is 3.01. The molecule has 6 fully saturated rings. The molecule has 5 aliphatic heterocycles. The molecule has 2 N–H and O–H groups in total. The highest BCUT2D eigenvalue weighted by Gasteiger charge is 2.56. The van der Waals surface area contributed by atoms with Gasteiger partial charge in [0.1, 0.15) is 11.8 Å². The molecule has 2 aliphatic carbocycles. The molecule has 1 unspecified atom stereocenters. The number of benzene rings is 2. The number of nitrogens with zero attached hydrogens (tertiary/aromatic N) is 9. The molecule has 4 aromatic rings. The van der Waals surface area contributed by atoms with E-state index in [4.69, 9.17) is 9.97 Å². The number of nitrogens with one attached hydrogen (secondary N) is 2. The standard InChI is InChI=1S/C60H77N11O7/c1-38(2)70-37-62-51-34-50(64-55(54(51)70)63-43-10-11-43)41-9-14-49-52(30-41)71(47-31-46(32-47)66-22-6-5-7-23-66)59(78)60(49)20-28-69(29-21-60)57(76)40-18-26-68(27-19-40)56(75)39-16-24-67(25-17-39)44-12-8-42(35-72)48(33-44)58(77)65(4)45(36-73)13-15-53(74)61-3/h8-9,12,14,30,33-40,43,45-47H,5-7,10-11,13,15-29,31-32H2,1-4H3,(H,61,74)(H,63,64). The fourth-order valence-electron chi connectivity index (χ4n) is 13.6. The number of hydrogen-bond donors (Lipinski definition) is 2. The summed E-state index contributed by atoms with van der Waals surface area (Å²) in [4.78, 5) is 115. The van der Waals surface area contributed by atoms with Crippen LogP contribution in [0, 0.1) is 11.8 Å². The van der Waals surface area contributed by atoms with Gasteiger partial charge in [-0.2, -0.15) is 0 Å². The molecule has 18 nitrogen and oxygen atoms in total. The van der Waals surface area contributed by atoms with E-state index in [1.165, 1.54) is 38.3 Å². The van der Waals surface area contributed by atoms with Gasteiger partial charge in [0.25, 0.3) is 5.91 Å². The highest BCUT2D eigenvalue weighted by molar-refractivity contribution is 6.10. The predicted molar refractivity (Wildman–Crippen MR) is 299 cm³/mol. The zero-order valence-corrected chi connectivity index (χ0v) is 46.0. The number of carbonyl (C=O) groups is 7. The largest absolute Gasteiger partial charge is 0.371 e. The van der Waals surface area contributed by atoms with Crippen molar-refractivity contribution in [1.82, 2.24) is 39.5 Å². The van der Waals surface area contributed by atoms with Crippen molar-refractivity contribution in [2.24, 2.45) is 11.8 Å². The average Bonchev–Trinajstić information content (AvgIpc) is 4.17. The third kappa shape index (κ3) is 10.2. The van der Waals surface area contributed by atoms with Crippen LogP contribution in [0.1, 0.15) is 142 Å². The first-order valence-corrected chi connectivity index (χ1v) is 29.0. The molecule has 0 bridgehead atoms. The molecule has 414 valence electrons. The maximum Gasteiger partial charge on any atom is 0.255 e. The first kappa shape index (κ1) is 53.3. The second-order valence-electron chi connectivity index (χ2n) is 23.7. The Morgan fingerprint density at radius 3 is 2.13 bits per heavy atom. The Morgan fingerprint density at radius 1 is 0.808 bits per heavy atom. The molecule has 78 heavy (non-hydrogen) atoms. The summed E-state index contributed by atoms with van der Waals surface area (Å²) in [5, 5.41) is 6.22. The third-order valence-electron chi connectivity index (χ3n) is 18.7. The Bertz CT molecular complexity index is 2950. The van der Waals surface area contributed by atoms with Gasteiger partial charge in [-0.1, -0.05) is 18.6 Å². The predicted octanol–water partition coefficient (Wildman–Crippen LogP) is 6.61. The monoisotopic (exact) mass is 1060 g/mol. The van der Waals surface area contributed by atoms with Gasteiger partial charge in [0, 0.05) is 118 Å². The van der Waals surface area contributed by atoms with Gasteiger partial charge >= 0.3 is 0 Å². The number of imidazole rings is 1. The van der Waals surface area contributed by atoms with Crippen molar-refractivity contribution in [3.8, 4) is 11.3 Å². The van der Waals surface area contributed by atoms with Gasteiger partial charge in [-0.3, -0.25) is 28.8 Å². The maximum absolute atomic E-state index is 15.3. The number of likely N-dealkylation sites (N-methyl/N-ethyl adjacent to an activating group) is 1. The smallest absolute Gasteiger partial charge is 0.255 e. The minimum absolute atomic E-state index is 0.0763. The lowest BCUT2D eigenvalue weighted by molar-refractivity contribution is -0.144. The number of amides is 5. The summed E-state index contributed by atoms with van der Waals surface area (Å²) >= 11 is 0. The molecular weight excluding hydrogens is 987 g/mol. The first-order chi connectivity index (χ1) is 37.8. The summed E-state index contributed by atoms with van der Waals surface area (Å²) in [6.07, 6.45) is 15.0. The molecule has 1 atom stereocenters. The average molecular weight is 1060 g/mol. The van der Waals surface area contributed by atoms with Gasteiger partial charge in [-0.25, -0.2) is 9.97 Å². The van der Waals surface area contributed by atoms with E-state index in [1.54, 1.807) is 18.2 Å². The van der Waals surface area contributed by atoms with E-state index in [9.17, 15) is 28.8 Å².